The second-order valence-corrected chi connectivity index (χ2v) is 5.20. The molecule has 106 valence electrons. The predicted octanol–water partition coefficient (Wildman–Crippen LogP) is 2.13. The predicted molar refractivity (Wildman–Crippen MR) is 81.7 cm³/mol. The van der Waals surface area contributed by atoms with Gasteiger partial charge in [-0.15, -0.1) is 11.3 Å². The number of benzene rings is 1. The second-order valence-electron chi connectivity index (χ2n) is 4.30. The van der Waals surface area contributed by atoms with Crippen molar-refractivity contribution in [3.05, 3.63) is 51.8 Å². The van der Waals surface area contributed by atoms with E-state index in [1.54, 1.807) is 28.4 Å². The van der Waals surface area contributed by atoms with Gasteiger partial charge in [-0.05, 0) is 19.1 Å². The monoisotopic (exact) mass is 300 g/mol. The molecular weight excluding hydrogens is 288 g/mol. The van der Waals surface area contributed by atoms with Crippen LogP contribution in [0.25, 0.3) is 10.9 Å². The van der Waals surface area contributed by atoms with Crippen molar-refractivity contribution in [2.75, 3.05) is 5.32 Å². The van der Waals surface area contributed by atoms with E-state index in [2.05, 4.69) is 15.4 Å². The van der Waals surface area contributed by atoms with E-state index in [0.717, 1.165) is 5.52 Å². The van der Waals surface area contributed by atoms with Crippen LogP contribution < -0.4 is 10.7 Å². The molecule has 3 rings (SSSR count). The first kappa shape index (κ1) is 13.4. The Hall–Kier alpha value is -2.54. The van der Waals surface area contributed by atoms with E-state index in [-0.39, 0.29) is 11.1 Å². The Morgan fingerprint density at radius 1 is 1.38 bits per heavy atom. The summed E-state index contributed by atoms with van der Waals surface area (Å²) in [5.41, 5.74) is 0.228. The van der Waals surface area contributed by atoms with Gasteiger partial charge in [0.25, 0.3) is 5.91 Å². The molecule has 0 bridgehead atoms. The van der Waals surface area contributed by atoms with Crippen molar-refractivity contribution in [2.45, 2.75) is 13.5 Å². The Morgan fingerprint density at radius 3 is 2.90 bits per heavy atom. The number of aryl methyl sites for hydroxylation is 1. The highest BCUT2D eigenvalue weighted by atomic mass is 32.1. The topological polar surface area (TPSA) is 76.9 Å². The molecule has 0 aliphatic carbocycles. The fraction of sp³-hybridized carbons (Fsp3) is 0.143. The molecule has 0 saturated heterocycles. The molecule has 0 saturated carbocycles. The molecule has 0 radical (unpaired) electrons. The first-order chi connectivity index (χ1) is 10.2. The van der Waals surface area contributed by atoms with E-state index >= 15 is 0 Å². The summed E-state index contributed by atoms with van der Waals surface area (Å²) in [5, 5.41) is 9.43. The standard InChI is InChI=1S/C14H12N4O2S/c1-2-18-10-6-4-3-5-9(10)12(19)11(17-18)13(20)16-14-15-7-8-21-14/h3-8H,2H2,1H3,(H,15,16,20). The minimum atomic E-state index is -0.539. The van der Waals surface area contributed by atoms with Crippen LogP contribution in [-0.2, 0) is 6.54 Å². The van der Waals surface area contributed by atoms with Gasteiger partial charge in [0.2, 0.25) is 5.43 Å². The van der Waals surface area contributed by atoms with Gasteiger partial charge < -0.3 is 0 Å². The molecule has 0 spiro atoms. The third kappa shape index (κ3) is 2.43. The van der Waals surface area contributed by atoms with Crippen LogP contribution in [-0.4, -0.2) is 20.7 Å². The summed E-state index contributed by atoms with van der Waals surface area (Å²) < 4.78 is 1.65. The lowest BCUT2D eigenvalue weighted by Gasteiger charge is -2.09. The summed E-state index contributed by atoms with van der Waals surface area (Å²) in [7, 11) is 0. The highest BCUT2D eigenvalue weighted by Crippen LogP contribution is 2.13. The number of nitrogens with zero attached hydrogens (tertiary/aromatic N) is 3. The van der Waals surface area contributed by atoms with Gasteiger partial charge in [0.05, 0.1) is 5.52 Å². The molecule has 1 N–H and O–H groups in total. The molecule has 0 aliphatic rings. The Morgan fingerprint density at radius 2 is 2.19 bits per heavy atom. The zero-order chi connectivity index (χ0) is 14.8. The van der Waals surface area contributed by atoms with Crippen LogP contribution in [0.1, 0.15) is 17.4 Å². The number of carbonyl (C=O) groups excluding carboxylic acids is 1. The lowest BCUT2D eigenvalue weighted by atomic mass is 10.2. The fourth-order valence-corrected chi connectivity index (χ4v) is 2.59. The Balaban J connectivity index is 2.12. The van der Waals surface area contributed by atoms with E-state index in [4.69, 9.17) is 0 Å². The highest BCUT2D eigenvalue weighted by molar-refractivity contribution is 7.13. The molecule has 6 nitrogen and oxygen atoms in total. The third-order valence-electron chi connectivity index (χ3n) is 3.03. The number of rotatable bonds is 3. The number of thiazole rings is 1. The Kier molecular flexibility index (Phi) is 3.49. The number of para-hydroxylation sites is 1. The van der Waals surface area contributed by atoms with E-state index in [1.165, 1.54) is 11.3 Å². The molecule has 2 aromatic heterocycles. The van der Waals surface area contributed by atoms with Gasteiger partial charge in [0.1, 0.15) is 0 Å². The molecule has 0 aliphatic heterocycles. The van der Waals surface area contributed by atoms with Crippen LogP contribution in [0.2, 0.25) is 0 Å². The summed E-state index contributed by atoms with van der Waals surface area (Å²) in [6.07, 6.45) is 1.58. The number of anilines is 1. The Bertz CT molecular complexity index is 855. The number of carbonyl (C=O) groups is 1. The highest BCUT2D eigenvalue weighted by Gasteiger charge is 2.17. The lowest BCUT2D eigenvalue weighted by molar-refractivity contribution is 0.101. The summed E-state index contributed by atoms with van der Waals surface area (Å²) in [6, 6.07) is 7.12. The van der Waals surface area contributed by atoms with Crippen molar-refractivity contribution in [2.24, 2.45) is 0 Å². The van der Waals surface area contributed by atoms with Crippen LogP contribution in [0.5, 0.6) is 0 Å². The van der Waals surface area contributed by atoms with Gasteiger partial charge in [-0.3, -0.25) is 19.6 Å². The largest absolute Gasteiger partial charge is 0.296 e. The molecule has 0 unspecified atom stereocenters. The van der Waals surface area contributed by atoms with E-state index < -0.39 is 5.91 Å². The van der Waals surface area contributed by atoms with E-state index in [1.807, 2.05) is 19.1 Å². The number of aromatic nitrogens is 3. The molecule has 0 atom stereocenters. The molecule has 7 heteroatoms. The van der Waals surface area contributed by atoms with Gasteiger partial charge in [-0.2, -0.15) is 5.10 Å². The molecule has 1 aromatic carbocycles. The van der Waals surface area contributed by atoms with E-state index in [9.17, 15) is 9.59 Å². The third-order valence-corrected chi connectivity index (χ3v) is 3.72. The van der Waals surface area contributed by atoms with Crippen LogP contribution in [0.4, 0.5) is 5.13 Å². The molecular formula is C14H12N4O2S. The van der Waals surface area contributed by atoms with Crippen molar-refractivity contribution < 1.29 is 4.79 Å². The van der Waals surface area contributed by atoms with Gasteiger partial charge >= 0.3 is 0 Å². The number of nitrogens with one attached hydrogen (secondary N) is 1. The van der Waals surface area contributed by atoms with Crippen LogP contribution in [0, 0.1) is 0 Å². The summed E-state index contributed by atoms with van der Waals surface area (Å²) in [5.74, 6) is -0.539. The van der Waals surface area contributed by atoms with Gasteiger partial charge in [0, 0.05) is 23.5 Å². The fourth-order valence-electron chi connectivity index (χ4n) is 2.07. The summed E-state index contributed by atoms with van der Waals surface area (Å²) in [6.45, 7) is 2.48. The van der Waals surface area contributed by atoms with Crippen molar-refractivity contribution >= 4 is 33.3 Å². The van der Waals surface area contributed by atoms with Crippen molar-refractivity contribution in [3.8, 4) is 0 Å². The van der Waals surface area contributed by atoms with Crippen molar-refractivity contribution in [3.63, 3.8) is 0 Å². The number of hydrogen-bond acceptors (Lipinski definition) is 5. The van der Waals surface area contributed by atoms with Crippen molar-refractivity contribution in [1.82, 2.24) is 14.8 Å². The molecule has 21 heavy (non-hydrogen) atoms. The molecule has 0 fully saturated rings. The smallest absolute Gasteiger partial charge is 0.281 e. The average molecular weight is 300 g/mol. The minimum Gasteiger partial charge on any atom is -0.296 e. The summed E-state index contributed by atoms with van der Waals surface area (Å²) in [4.78, 5) is 28.6. The zero-order valence-electron chi connectivity index (χ0n) is 11.2. The first-order valence-electron chi connectivity index (χ1n) is 6.41. The normalized spacial score (nSPS) is 10.7. The molecule has 2 heterocycles. The van der Waals surface area contributed by atoms with Crippen LogP contribution in [0.15, 0.2) is 40.6 Å². The maximum atomic E-state index is 12.4. The van der Waals surface area contributed by atoms with Gasteiger partial charge in [-0.1, -0.05) is 12.1 Å². The zero-order valence-corrected chi connectivity index (χ0v) is 12.1. The van der Waals surface area contributed by atoms with Crippen LogP contribution in [0.3, 0.4) is 0 Å². The SMILES string of the molecule is CCn1nc(C(=O)Nc2nccs2)c(=O)c2ccccc21. The number of amides is 1. The van der Waals surface area contributed by atoms with E-state index in [0.29, 0.717) is 17.1 Å². The second kappa shape index (κ2) is 5.45. The number of hydrogen-bond donors (Lipinski definition) is 1. The minimum absolute atomic E-state index is 0.120. The lowest BCUT2D eigenvalue weighted by Crippen LogP contribution is -2.27. The Labute approximate surface area is 124 Å². The number of fused-ring (bicyclic) bond motifs is 1. The van der Waals surface area contributed by atoms with Crippen molar-refractivity contribution in [1.29, 1.82) is 0 Å². The van der Waals surface area contributed by atoms with Crippen LogP contribution >= 0.6 is 11.3 Å². The van der Waals surface area contributed by atoms with Gasteiger partial charge in [0.15, 0.2) is 10.8 Å². The molecule has 1 amide bonds. The summed E-state index contributed by atoms with van der Waals surface area (Å²) >= 11 is 1.29. The molecule has 3 aromatic rings. The quantitative estimate of drug-likeness (QED) is 0.804. The maximum Gasteiger partial charge on any atom is 0.281 e. The van der Waals surface area contributed by atoms with Gasteiger partial charge in [-0.25, -0.2) is 4.98 Å². The average Bonchev–Trinajstić information content (AvgIpc) is 3.01. The maximum absolute atomic E-state index is 12.4. The first-order valence-corrected chi connectivity index (χ1v) is 7.29.